The Balaban J connectivity index is 2.17. The number of carbonyl (C=O) groups excluding carboxylic acids is 1. The molecule has 4 nitrogen and oxygen atoms in total. The number of nitrogens with one attached hydrogen (secondary N) is 1. The van der Waals surface area contributed by atoms with Crippen molar-refractivity contribution in [3.63, 3.8) is 0 Å². The van der Waals surface area contributed by atoms with E-state index < -0.39 is 5.91 Å². The number of nitrogens with zero attached hydrogens (tertiary/aromatic N) is 1. The van der Waals surface area contributed by atoms with Gasteiger partial charge in [-0.3, -0.25) is 9.78 Å². The van der Waals surface area contributed by atoms with Crippen LogP contribution in [0.2, 0.25) is 5.02 Å². The second kappa shape index (κ2) is 6.02. The number of aliphatic hydroxyl groups excluding tert-OH is 1. The van der Waals surface area contributed by atoms with Crippen molar-refractivity contribution < 1.29 is 9.90 Å². The average Bonchev–Trinajstić information content (AvgIpc) is 2.43. The SMILES string of the molecule is O=C(Nc1ccc(Cl)cc1)/C(=C\O)c1ccccn1. The maximum absolute atomic E-state index is 12.0. The number of hydrogen-bond donors (Lipinski definition) is 2. The van der Waals surface area contributed by atoms with E-state index in [2.05, 4.69) is 10.3 Å². The third-order valence-corrected chi connectivity index (χ3v) is 2.67. The van der Waals surface area contributed by atoms with Crippen LogP contribution in [0.1, 0.15) is 5.69 Å². The molecule has 0 atom stereocenters. The van der Waals surface area contributed by atoms with Crippen LogP contribution in [0.5, 0.6) is 0 Å². The van der Waals surface area contributed by atoms with Crippen LogP contribution in [-0.4, -0.2) is 16.0 Å². The second-order valence-electron chi connectivity index (χ2n) is 3.72. The van der Waals surface area contributed by atoms with Crippen molar-refractivity contribution >= 4 is 28.8 Å². The van der Waals surface area contributed by atoms with Gasteiger partial charge in [0.1, 0.15) is 0 Å². The summed E-state index contributed by atoms with van der Waals surface area (Å²) in [5.41, 5.74) is 1.08. The molecule has 0 aliphatic heterocycles. The minimum atomic E-state index is -0.441. The maximum Gasteiger partial charge on any atom is 0.260 e. The lowest BCUT2D eigenvalue weighted by molar-refractivity contribution is -0.111. The van der Waals surface area contributed by atoms with E-state index >= 15 is 0 Å². The Morgan fingerprint density at radius 1 is 1.21 bits per heavy atom. The predicted molar refractivity (Wildman–Crippen MR) is 74.9 cm³/mol. The zero-order chi connectivity index (χ0) is 13.7. The van der Waals surface area contributed by atoms with Crippen LogP contribution < -0.4 is 5.32 Å². The molecule has 0 aliphatic rings. The molecule has 2 aromatic rings. The Labute approximate surface area is 115 Å². The van der Waals surface area contributed by atoms with Crippen molar-refractivity contribution in [3.05, 3.63) is 65.6 Å². The summed E-state index contributed by atoms with van der Waals surface area (Å²) in [4.78, 5) is 16.0. The first-order valence-corrected chi connectivity index (χ1v) is 5.91. The molecule has 0 bridgehead atoms. The molecule has 1 amide bonds. The summed E-state index contributed by atoms with van der Waals surface area (Å²) in [6.45, 7) is 0. The van der Waals surface area contributed by atoms with Crippen LogP contribution in [0.4, 0.5) is 5.69 Å². The molecule has 0 aliphatic carbocycles. The summed E-state index contributed by atoms with van der Waals surface area (Å²) in [6.07, 6.45) is 2.29. The molecule has 2 N–H and O–H groups in total. The molecule has 1 aromatic carbocycles. The summed E-state index contributed by atoms with van der Waals surface area (Å²) in [6, 6.07) is 11.8. The molecular weight excluding hydrogens is 264 g/mol. The van der Waals surface area contributed by atoms with Gasteiger partial charge in [0.05, 0.1) is 17.5 Å². The fourth-order valence-corrected chi connectivity index (χ4v) is 1.62. The number of hydrogen-bond acceptors (Lipinski definition) is 3. The quantitative estimate of drug-likeness (QED) is 0.667. The number of aliphatic hydroxyl groups is 1. The van der Waals surface area contributed by atoms with Gasteiger partial charge in [-0.2, -0.15) is 0 Å². The van der Waals surface area contributed by atoms with Gasteiger partial charge in [-0.25, -0.2) is 0 Å². The van der Waals surface area contributed by atoms with Gasteiger partial charge in [0.25, 0.3) is 5.91 Å². The van der Waals surface area contributed by atoms with Crippen LogP contribution in [-0.2, 0) is 4.79 Å². The van der Waals surface area contributed by atoms with E-state index in [1.165, 1.54) is 0 Å². The number of amides is 1. The van der Waals surface area contributed by atoms with Crippen LogP contribution in [0.15, 0.2) is 54.9 Å². The van der Waals surface area contributed by atoms with E-state index in [-0.39, 0.29) is 5.57 Å². The zero-order valence-corrected chi connectivity index (χ0v) is 10.6. The van der Waals surface area contributed by atoms with Crippen LogP contribution in [0, 0.1) is 0 Å². The van der Waals surface area contributed by atoms with Crippen LogP contribution in [0.25, 0.3) is 5.57 Å². The number of pyridine rings is 1. The monoisotopic (exact) mass is 274 g/mol. The molecule has 1 aromatic heterocycles. The Bertz CT molecular complexity index is 595. The van der Waals surface area contributed by atoms with Gasteiger partial charge in [0.2, 0.25) is 0 Å². The van der Waals surface area contributed by atoms with E-state index in [9.17, 15) is 9.90 Å². The van der Waals surface area contributed by atoms with Crippen molar-refractivity contribution in [2.24, 2.45) is 0 Å². The molecule has 2 rings (SSSR count). The average molecular weight is 275 g/mol. The number of aromatic nitrogens is 1. The molecule has 5 heteroatoms. The van der Waals surface area contributed by atoms with E-state index in [4.69, 9.17) is 11.6 Å². The zero-order valence-electron chi connectivity index (χ0n) is 9.88. The summed E-state index contributed by atoms with van der Waals surface area (Å²) in [5.74, 6) is -0.441. The van der Waals surface area contributed by atoms with Gasteiger partial charge >= 0.3 is 0 Å². The highest BCUT2D eigenvalue weighted by atomic mass is 35.5. The minimum Gasteiger partial charge on any atom is -0.515 e. The number of rotatable bonds is 3. The van der Waals surface area contributed by atoms with E-state index in [1.807, 2.05) is 0 Å². The van der Waals surface area contributed by atoms with Gasteiger partial charge < -0.3 is 10.4 Å². The summed E-state index contributed by atoms with van der Waals surface area (Å²) < 4.78 is 0. The molecule has 0 saturated carbocycles. The third kappa shape index (κ3) is 3.33. The first-order valence-electron chi connectivity index (χ1n) is 5.53. The second-order valence-corrected chi connectivity index (χ2v) is 4.16. The fourth-order valence-electron chi connectivity index (χ4n) is 1.49. The van der Waals surface area contributed by atoms with Crippen LogP contribution >= 0.6 is 11.6 Å². The van der Waals surface area contributed by atoms with Gasteiger partial charge in [-0.05, 0) is 36.4 Å². The number of anilines is 1. The lowest BCUT2D eigenvalue weighted by Crippen LogP contribution is -2.14. The maximum atomic E-state index is 12.0. The van der Waals surface area contributed by atoms with Crippen molar-refractivity contribution in [1.82, 2.24) is 4.98 Å². The largest absolute Gasteiger partial charge is 0.515 e. The Morgan fingerprint density at radius 2 is 1.95 bits per heavy atom. The normalized spacial score (nSPS) is 11.1. The number of benzene rings is 1. The smallest absolute Gasteiger partial charge is 0.260 e. The summed E-state index contributed by atoms with van der Waals surface area (Å²) >= 11 is 5.76. The highest BCUT2D eigenvalue weighted by molar-refractivity contribution is 6.30. The first-order chi connectivity index (χ1) is 9.20. The van der Waals surface area contributed by atoms with Crippen molar-refractivity contribution in [1.29, 1.82) is 0 Å². The molecule has 1 heterocycles. The van der Waals surface area contributed by atoms with Gasteiger partial charge in [-0.1, -0.05) is 17.7 Å². The van der Waals surface area contributed by atoms with E-state index in [0.717, 1.165) is 6.26 Å². The third-order valence-electron chi connectivity index (χ3n) is 2.42. The molecule has 0 fully saturated rings. The summed E-state index contributed by atoms with van der Waals surface area (Å²) in [7, 11) is 0. The fraction of sp³-hybridized carbons (Fsp3) is 0. The Hall–Kier alpha value is -2.33. The lowest BCUT2D eigenvalue weighted by Gasteiger charge is -2.07. The number of carbonyl (C=O) groups is 1. The van der Waals surface area contributed by atoms with Gasteiger partial charge in [-0.15, -0.1) is 0 Å². The van der Waals surface area contributed by atoms with E-state index in [1.54, 1.807) is 48.7 Å². The van der Waals surface area contributed by atoms with Crippen molar-refractivity contribution in [3.8, 4) is 0 Å². The molecule has 0 saturated heterocycles. The molecule has 19 heavy (non-hydrogen) atoms. The lowest BCUT2D eigenvalue weighted by atomic mass is 10.1. The van der Waals surface area contributed by atoms with Crippen molar-refractivity contribution in [2.75, 3.05) is 5.32 Å². The highest BCUT2D eigenvalue weighted by Gasteiger charge is 2.13. The summed E-state index contributed by atoms with van der Waals surface area (Å²) in [5, 5.41) is 12.4. The Morgan fingerprint density at radius 3 is 2.53 bits per heavy atom. The molecule has 0 radical (unpaired) electrons. The molecular formula is C14H11ClN2O2. The van der Waals surface area contributed by atoms with Gasteiger partial charge in [0, 0.05) is 16.9 Å². The number of halogens is 1. The topological polar surface area (TPSA) is 62.2 Å². The molecule has 96 valence electrons. The molecule has 0 spiro atoms. The standard InChI is InChI=1S/C14H11ClN2O2/c15-10-4-6-11(7-5-10)17-14(19)12(9-18)13-3-1-2-8-16-13/h1-9,18H,(H,17,19)/b12-9-. The highest BCUT2D eigenvalue weighted by Crippen LogP contribution is 2.17. The molecule has 0 unspecified atom stereocenters. The van der Waals surface area contributed by atoms with Crippen molar-refractivity contribution in [2.45, 2.75) is 0 Å². The van der Waals surface area contributed by atoms with Crippen LogP contribution in [0.3, 0.4) is 0 Å². The Kier molecular flexibility index (Phi) is 4.15. The first kappa shape index (κ1) is 13.1. The minimum absolute atomic E-state index is 0.0931. The predicted octanol–water partition coefficient (Wildman–Crippen LogP) is 3.27. The van der Waals surface area contributed by atoms with E-state index in [0.29, 0.717) is 16.4 Å². The van der Waals surface area contributed by atoms with Gasteiger partial charge in [0.15, 0.2) is 0 Å².